The van der Waals surface area contributed by atoms with Crippen molar-refractivity contribution in [2.75, 3.05) is 42.9 Å². The fraction of sp³-hybridized carbons (Fsp3) is 0.556. The minimum absolute atomic E-state index is 0.00110. The summed E-state index contributed by atoms with van der Waals surface area (Å²) in [5, 5.41) is 3.35. The van der Waals surface area contributed by atoms with Crippen molar-refractivity contribution in [3.63, 3.8) is 0 Å². The van der Waals surface area contributed by atoms with Gasteiger partial charge in [0.2, 0.25) is 5.95 Å². The third kappa shape index (κ3) is 5.34. The first kappa shape index (κ1) is 25.3. The summed E-state index contributed by atoms with van der Waals surface area (Å²) in [5.41, 5.74) is 2.97. The van der Waals surface area contributed by atoms with Gasteiger partial charge in [0.15, 0.2) is 0 Å². The molecule has 198 valence electrons. The van der Waals surface area contributed by atoms with Crippen molar-refractivity contribution in [3.8, 4) is 0 Å². The Kier molecular flexibility index (Phi) is 6.47. The molecule has 2 fully saturated rings. The van der Waals surface area contributed by atoms with Crippen molar-refractivity contribution in [1.29, 1.82) is 0 Å². The number of carbonyl (C=O) groups is 2. The first-order chi connectivity index (χ1) is 17.5. The third-order valence-corrected chi connectivity index (χ3v) is 7.04. The zero-order valence-electron chi connectivity index (χ0n) is 22.3. The van der Waals surface area contributed by atoms with Crippen LogP contribution < -0.4 is 10.2 Å². The molecule has 0 unspecified atom stereocenters. The van der Waals surface area contributed by atoms with Crippen molar-refractivity contribution in [2.45, 2.75) is 59.4 Å². The summed E-state index contributed by atoms with van der Waals surface area (Å²) in [7, 11) is 0. The van der Waals surface area contributed by atoms with E-state index in [4.69, 9.17) is 9.47 Å². The number of cyclic esters (lactones) is 1. The SMILES string of the molecule is CCN1C(=O)OCc2cnc(N[C@@H](C)c3ccc(CN4CC5(C4)CN(C(=O)OC(C)(C)C)C5)cc3)nc21. The number of hydrogen-bond acceptors (Lipinski definition) is 8. The number of ether oxygens (including phenoxy) is 2. The first-order valence-corrected chi connectivity index (χ1v) is 12.9. The summed E-state index contributed by atoms with van der Waals surface area (Å²) in [6, 6.07) is 8.58. The molecule has 37 heavy (non-hydrogen) atoms. The van der Waals surface area contributed by atoms with E-state index >= 15 is 0 Å². The number of nitrogens with zero attached hydrogens (tertiary/aromatic N) is 5. The summed E-state index contributed by atoms with van der Waals surface area (Å²) < 4.78 is 10.6. The fourth-order valence-corrected chi connectivity index (χ4v) is 5.27. The average molecular weight is 509 g/mol. The molecule has 0 aliphatic carbocycles. The second-order valence-corrected chi connectivity index (χ2v) is 11.4. The van der Waals surface area contributed by atoms with Gasteiger partial charge in [0.25, 0.3) is 0 Å². The molecule has 5 rings (SSSR count). The number of rotatable bonds is 6. The predicted octanol–water partition coefficient (Wildman–Crippen LogP) is 4.18. The summed E-state index contributed by atoms with van der Waals surface area (Å²) in [6.45, 7) is 14.8. The topological polar surface area (TPSA) is 100 Å². The van der Waals surface area contributed by atoms with Gasteiger partial charge in [0, 0.05) is 50.9 Å². The van der Waals surface area contributed by atoms with Crippen LogP contribution in [0.25, 0.3) is 0 Å². The summed E-state index contributed by atoms with van der Waals surface area (Å²) in [6.07, 6.45) is 1.12. The van der Waals surface area contributed by atoms with E-state index in [-0.39, 0.29) is 30.3 Å². The fourth-order valence-electron chi connectivity index (χ4n) is 5.27. The highest BCUT2D eigenvalue weighted by Crippen LogP contribution is 2.40. The number of fused-ring (bicyclic) bond motifs is 1. The predicted molar refractivity (Wildman–Crippen MR) is 139 cm³/mol. The largest absolute Gasteiger partial charge is 0.444 e. The smallest absolute Gasteiger partial charge is 0.415 e. The molecule has 3 aliphatic rings. The Morgan fingerprint density at radius 3 is 2.54 bits per heavy atom. The van der Waals surface area contributed by atoms with Crippen LogP contribution in [0.3, 0.4) is 0 Å². The Balaban J connectivity index is 1.11. The van der Waals surface area contributed by atoms with Gasteiger partial charge in [-0.2, -0.15) is 4.98 Å². The van der Waals surface area contributed by atoms with E-state index in [1.807, 2.05) is 32.6 Å². The number of nitrogens with one attached hydrogen (secondary N) is 1. The van der Waals surface area contributed by atoms with Gasteiger partial charge in [-0.15, -0.1) is 0 Å². The van der Waals surface area contributed by atoms with Gasteiger partial charge >= 0.3 is 12.2 Å². The van der Waals surface area contributed by atoms with Crippen LogP contribution in [-0.2, 0) is 22.6 Å². The van der Waals surface area contributed by atoms with Crippen LogP contribution in [0.15, 0.2) is 30.5 Å². The normalized spacial score (nSPS) is 19.4. The quantitative estimate of drug-likeness (QED) is 0.620. The van der Waals surface area contributed by atoms with Crippen LogP contribution in [0.4, 0.5) is 21.4 Å². The van der Waals surface area contributed by atoms with Gasteiger partial charge in [0.1, 0.15) is 18.0 Å². The van der Waals surface area contributed by atoms with Gasteiger partial charge < -0.3 is 19.7 Å². The number of aromatic nitrogens is 2. The maximum Gasteiger partial charge on any atom is 0.415 e. The van der Waals surface area contributed by atoms with E-state index in [2.05, 4.69) is 51.4 Å². The highest BCUT2D eigenvalue weighted by atomic mass is 16.6. The molecule has 10 nitrogen and oxygen atoms in total. The van der Waals surface area contributed by atoms with Crippen molar-refractivity contribution >= 4 is 24.0 Å². The summed E-state index contributed by atoms with van der Waals surface area (Å²) in [5.74, 6) is 1.09. The number of likely N-dealkylation sites (tertiary alicyclic amines) is 2. The highest BCUT2D eigenvalue weighted by molar-refractivity contribution is 5.89. The number of amides is 2. The monoisotopic (exact) mass is 508 g/mol. The Labute approximate surface area is 217 Å². The van der Waals surface area contributed by atoms with E-state index in [1.165, 1.54) is 10.5 Å². The molecule has 4 heterocycles. The lowest BCUT2D eigenvalue weighted by atomic mass is 9.73. The van der Waals surface area contributed by atoms with E-state index in [1.54, 1.807) is 6.20 Å². The molecule has 1 aromatic carbocycles. The third-order valence-electron chi connectivity index (χ3n) is 7.04. The Hall–Kier alpha value is -3.40. The number of carbonyl (C=O) groups excluding carboxylic acids is 2. The molecule has 1 aromatic heterocycles. The van der Waals surface area contributed by atoms with Crippen LogP contribution in [0.5, 0.6) is 0 Å². The van der Waals surface area contributed by atoms with E-state index in [0.29, 0.717) is 18.3 Å². The molecule has 10 heteroatoms. The van der Waals surface area contributed by atoms with Gasteiger partial charge in [-0.05, 0) is 45.7 Å². The molecule has 2 saturated heterocycles. The zero-order valence-corrected chi connectivity index (χ0v) is 22.3. The lowest BCUT2D eigenvalue weighted by Crippen LogP contribution is -2.72. The Bertz CT molecular complexity index is 1160. The number of anilines is 2. The van der Waals surface area contributed by atoms with Crippen LogP contribution >= 0.6 is 0 Å². The van der Waals surface area contributed by atoms with E-state index in [0.717, 1.165) is 43.9 Å². The van der Waals surface area contributed by atoms with Gasteiger partial charge in [-0.25, -0.2) is 14.6 Å². The molecule has 0 saturated carbocycles. The van der Waals surface area contributed by atoms with Gasteiger partial charge in [-0.3, -0.25) is 9.80 Å². The molecular weight excluding hydrogens is 472 g/mol. The van der Waals surface area contributed by atoms with Crippen molar-refractivity contribution in [2.24, 2.45) is 5.41 Å². The maximum atomic E-state index is 12.2. The molecule has 1 atom stereocenters. The highest BCUT2D eigenvalue weighted by Gasteiger charge is 2.53. The molecule has 2 amide bonds. The minimum atomic E-state index is -0.454. The average Bonchev–Trinajstić information content (AvgIpc) is 2.78. The summed E-state index contributed by atoms with van der Waals surface area (Å²) >= 11 is 0. The molecule has 3 aliphatic heterocycles. The molecular formula is C27H36N6O4. The van der Waals surface area contributed by atoms with Crippen molar-refractivity contribution in [3.05, 3.63) is 47.2 Å². The second-order valence-electron chi connectivity index (χ2n) is 11.4. The zero-order chi connectivity index (χ0) is 26.4. The molecule has 1 N–H and O–H groups in total. The van der Waals surface area contributed by atoms with Crippen LogP contribution in [-0.4, -0.2) is 70.3 Å². The van der Waals surface area contributed by atoms with E-state index in [9.17, 15) is 9.59 Å². The minimum Gasteiger partial charge on any atom is -0.444 e. The molecule has 0 radical (unpaired) electrons. The standard InChI is InChI=1S/C27H36N6O4/c1-6-33-22-21(13-36-25(33)35)11-28-23(30-22)29-18(2)20-9-7-19(8-10-20)12-31-14-27(15-31)16-32(17-27)24(34)37-26(3,4)5/h7-11,18H,6,12-17H2,1-5H3,(H,28,29,30)/t18-/m0/s1. The Morgan fingerprint density at radius 2 is 1.89 bits per heavy atom. The molecule has 2 aromatic rings. The van der Waals surface area contributed by atoms with Crippen molar-refractivity contribution in [1.82, 2.24) is 19.8 Å². The Morgan fingerprint density at radius 1 is 1.19 bits per heavy atom. The van der Waals surface area contributed by atoms with Crippen LogP contribution in [0, 0.1) is 5.41 Å². The van der Waals surface area contributed by atoms with E-state index < -0.39 is 5.60 Å². The van der Waals surface area contributed by atoms with Crippen LogP contribution in [0.2, 0.25) is 0 Å². The lowest BCUT2D eigenvalue weighted by molar-refractivity contribution is -0.115. The summed E-state index contributed by atoms with van der Waals surface area (Å²) in [4.78, 5) is 39.0. The van der Waals surface area contributed by atoms with Crippen molar-refractivity contribution < 1.29 is 19.1 Å². The number of hydrogen-bond donors (Lipinski definition) is 1. The van der Waals surface area contributed by atoms with Gasteiger partial charge in [0.05, 0.1) is 11.6 Å². The molecule has 1 spiro atoms. The lowest BCUT2D eigenvalue weighted by Gasteiger charge is -2.60. The van der Waals surface area contributed by atoms with Crippen LogP contribution in [0.1, 0.15) is 57.4 Å². The van der Waals surface area contributed by atoms with Gasteiger partial charge in [-0.1, -0.05) is 24.3 Å². The number of benzene rings is 1. The first-order valence-electron chi connectivity index (χ1n) is 12.9. The second kappa shape index (κ2) is 9.48. The maximum absolute atomic E-state index is 12.2. The molecule has 0 bridgehead atoms.